The fourth-order valence-electron chi connectivity index (χ4n) is 2.86. The van der Waals surface area contributed by atoms with Crippen LogP contribution in [0.1, 0.15) is 29.2 Å². The van der Waals surface area contributed by atoms with Crippen molar-refractivity contribution in [2.75, 3.05) is 5.32 Å². The van der Waals surface area contributed by atoms with E-state index in [1.807, 2.05) is 12.1 Å². The molecule has 0 aliphatic rings. The Morgan fingerprint density at radius 2 is 1.69 bits per heavy atom. The highest BCUT2D eigenvalue weighted by atomic mass is 79.9. The van der Waals surface area contributed by atoms with Gasteiger partial charge in [0.05, 0.1) is 0 Å². The van der Waals surface area contributed by atoms with Gasteiger partial charge in [0, 0.05) is 22.3 Å². The van der Waals surface area contributed by atoms with Gasteiger partial charge in [0.1, 0.15) is 12.4 Å². The Morgan fingerprint density at radius 1 is 0.923 bits per heavy atom. The van der Waals surface area contributed by atoms with E-state index in [-0.39, 0.29) is 0 Å². The first-order valence-corrected chi connectivity index (χ1v) is 9.73. The monoisotopic (exact) mass is 409 g/mol. The van der Waals surface area contributed by atoms with Gasteiger partial charge in [-0.1, -0.05) is 70.9 Å². The third-order valence-electron chi connectivity index (χ3n) is 4.41. The fraction of sp³-hybridized carbons (Fsp3) is 0.217. The van der Waals surface area contributed by atoms with Crippen LogP contribution in [-0.4, -0.2) is 0 Å². The van der Waals surface area contributed by atoms with Crippen molar-refractivity contribution >= 4 is 21.6 Å². The van der Waals surface area contributed by atoms with Gasteiger partial charge in [-0.3, -0.25) is 0 Å². The predicted octanol–water partition coefficient (Wildman–Crippen LogP) is 6.51. The lowest BCUT2D eigenvalue weighted by Gasteiger charge is -2.15. The van der Waals surface area contributed by atoms with Crippen molar-refractivity contribution in [3.05, 3.63) is 93.5 Å². The number of nitrogens with one attached hydrogen (secondary N) is 1. The molecule has 1 N–H and O–H groups in total. The molecule has 3 rings (SSSR count). The lowest BCUT2D eigenvalue weighted by atomic mass is 10.1. The van der Waals surface area contributed by atoms with Crippen molar-refractivity contribution in [3.63, 3.8) is 0 Å². The van der Waals surface area contributed by atoms with Crippen LogP contribution in [0.5, 0.6) is 5.75 Å². The zero-order valence-corrected chi connectivity index (χ0v) is 16.8. The molecule has 0 aromatic heterocycles. The van der Waals surface area contributed by atoms with Crippen LogP contribution < -0.4 is 10.1 Å². The molecule has 0 fully saturated rings. The minimum Gasteiger partial charge on any atom is -0.489 e. The maximum Gasteiger partial charge on any atom is 0.124 e. The summed E-state index contributed by atoms with van der Waals surface area (Å²) < 4.78 is 7.16. The first-order chi connectivity index (χ1) is 12.7. The molecule has 0 aliphatic carbocycles. The average Bonchev–Trinajstić information content (AvgIpc) is 2.67. The normalized spacial score (nSPS) is 10.6. The van der Waals surface area contributed by atoms with Crippen LogP contribution in [0, 0.1) is 6.92 Å². The molecule has 26 heavy (non-hydrogen) atoms. The number of aryl methyl sites for hydroxylation is 2. The molecule has 0 unspecified atom stereocenters. The smallest absolute Gasteiger partial charge is 0.124 e. The molecule has 2 nitrogen and oxygen atoms in total. The molecule has 3 aromatic rings. The van der Waals surface area contributed by atoms with Gasteiger partial charge in [-0.15, -0.1) is 0 Å². The maximum absolute atomic E-state index is 6.10. The van der Waals surface area contributed by atoms with E-state index in [1.165, 1.54) is 22.4 Å². The van der Waals surface area contributed by atoms with E-state index in [0.717, 1.165) is 28.8 Å². The Balaban J connectivity index is 1.72. The van der Waals surface area contributed by atoms with E-state index in [9.17, 15) is 0 Å². The van der Waals surface area contributed by atoms with Crippen molar-refractivity contribution in [2.45, 2.75) is 33.4 Å². The van der Waals surface area contributed by atoms with Crippen molar-refractivity contribution in [2.24, 2.45) is 0 Å². The Morgan fingerprint density at radius 3 is 2.46 bits per heavy atom. The summed E-state index contributed by atoms with van der Waals surface area (Å²) in [4.78, 5) is 0. The number of hydrogen-bond acceptors (Lipinski definition) is 2. The molecule has 134 valence electrons. The van der Waals surface area contributed by atoms with Crippen LogP contribution in [0.2, 0.25) is 0 Å². The van der Waals surface area contributed by atoms with Gasteiger partial charge in [-0.05, 0) is 48.7 Å². The zero-order chi connectivity index (χ0) is 18.4. The molecule has 0 aliphatic heterocycles. The number of benzene rings is 3. The molecule has 0 radical (unpaired) electrons. The molecule has 3 aromatic carbocycles. The van der Waals surface area contributed by atoms with Crippen LogP contribution in [0.25, 0.3) is 0 Å². The Kier molecular flexibility index (Phi) is 6.35. The standard InChI is InChI=1S/C23H24BrNO/c1-3-19-6-4-5-7-22(19)25-15-20-14-21(24)12-13-23(20)26-16-18-10-8-17(2)9-11-18/h4-14,25H,3,15-16H2,1-2H3. The molecule has 0 spiro atoms. The fourth-order valence-corrected chi connectivity index (χ4v) is 3.27. The summed E-state index contributed by atoms with van der Waals surface area (Å²) in [5.74, 6) is 0.912. The van der Waals surface area contributed by atoms with E-state index in [0.29, 0.717) is 6.61 Å². The molecule has 0 heterocycles. The largest absolute Gasteiger partial charge is 0.489 e. The predicted molar refractivity (Wildman–Crippen MR) is 113 cm³/mol. The van der Waals surface area contributed by atoms with E-state index in [4.69, 9.17) is 4.74 Å². The third kappa shape index (κ3) is 4.89. The quantitative estimate of drug-likeness (QED) is 0.479. The number of hydrogen-bond donors (Lipinski definition) is 1. The Bertz CT molecular complexity index is 858. The molecule has 0 bridgehead atoms. The van der Waals surface area contributed by atoms with E-state index >= 15 is 0 Å². The topological polar surface area (TPSA) is 21.3 Å². The van der Waals surface area contributed by atoms with Crippen molar-refractivity contribution in [1.82, 2.24) is 0 Å². The summed E-state index contributed by atoms with van der Waals surface area (Å²) in [7, 11) is 0. The van der Waals surface area contributed by atoms with E-state index in [2.05, 4.69) is 89.7 Å². The van der Waals surface area contributed by atoms with Crippen LogP contribution in [0.15, 0.2) is 71.2 Å². The van der Waals surface area contributed by atoms with Crippen LogP contribution in [0.3, 0.4) is 0 Å². The summed E-state index contributed by atoms with van der Waals surface area (Å²) >= 11 is 3.57. The molecular weight excluding hydrogens is 386 g/mol. The first kappa shape index (κ1) is 18.5. The van der Waals surface area contributed by atoms with Gasteiger partial charge < -0.3 is 10.1 Å². The number of anilines is 1. The Hall–Kier alpha value is -2.26. The van der Waals surface area contributed by atoms with Gasteiger partial charge in [0.25, 0.3) is 0 Å². The van der Waals surface area contributed by atoms with E-state index < -0.39 is 0 Å². The molecule has 0 atom stereocenters. The summed E-state index contributed by atoms with van der Waals surface area (Å²) in [6.07, 6.45) is 1.01. The minimum absolute atomic E-state index is 0.570. The lowest BCUT2D eigenvalue weighted by Crippen LogP contribution is -2.05. The summed E-state index contributed by atoms with van der Waals surface area (Å²) in [6, 6.07) is 23.1. The highest BCUT2D eigenvalue weighted by Gasteiger charge is 2.07. The summed E-state index contributed by atoms with van der Waals surface area (Å²) in [5.41, 5.74) is 6.08. The van der Waals surface area contributed by atoms with Crippen LogP contribution >= 0.6 is 15.9 Å². The maximum atomic E-state index is 6.10. The van der Waals surface area contributed by atoms with Crippen molar-refractivity contribution in [1.29, 1.82) is 0 Å². The SMILES string of the molecule is CCc1ccccc1NCc1cc(Br)ccc1OCc1ccc(C)cc1. The number of ether oxygens (including phenoxy) is 1. The lowest BCUT2D eigenvalue weighted by molar-refractivity contribution is 0.303. The molecule has 3 heteroatoms. The third-order valence-corrected chi connectivity index (χ3v) is 4.90. The van der Waals surface area contributed by atoms with Gasteiger partial charge >= 0.3 is 0 Å². The summed E-state index contributed by atoms with van der Waals surface area (Å²) in [5, 5.41) is 3.55. The Labute approximate surface area is 164 Å². The number of halogens is 1. The number of para-hydroxylation sites is 1. The molecular formula is C23H24BrNO. The van der Waals surface area contributed by atoms with Gasteiger partial charge in [0.2, 0.25) is 0 Å². The second kappa shape index (κ2) is 8.91. The second-order valence-corrected chi connectivity index (χ2v) is 7.31. The van der Waals surface area contributed by atoms with Gasteiger partial charge in [-0.2, -0.15) is 0 Å². The minimum atomic E-state index is 0.570. The van der Waals surface area contributed by atoms with Gasteiger partial charge in [-0.25, -0.2) is 0 Å². The second-order valence-electron chi connectivity index (χ2n) is 6.39. The van der Waals surface area contributed by atoms with E-state index in [1.54, 1.807) is 0 Å². The van der Waals surface area contributed by atoms with Crippen molar-refractivity contribution < 1.29 is 4.74 Å². The average molecular weight is 410 g/mol. The summed E-state index contributed by atoms with van der Waals surface area (Å²) in [6.45, 7) is 5.56. The van der Waals surface area contributed by atoms with Gasteiger partial charge in [0.15, 0.2) is 0 Å². The molecule has 0 saturated heterocycles. The van der Waals surface area contributed by atoms with Crippen LogP contribution in [-0.2, 0) is 19.6 Å². The number of rotatable bonds is 7. The van der Waals surface area contributed by atoms with Crippen molar-refractivity contribution in [3.8, 4) is 5.75 Å². The zero-order valence-electron chi connectivity index (χ0n) is 15.3. The van der Waals surface area contributed by atoms with Crippen LogP contribution in [0.4, 0.5) is 5.69 Å². The molecule has 0 amide bonds. The molecule has 0 saturated carbocycles. The highest BCUT2D eigenvalue weighted by molar-refractivity contribution is 9.10. The first-order valence-electron chi connectivity index (χ1n) is 8.94. The highest BCUT2D eigenvalue weighted by Crippen LogP contribution is 2.26.